The van der Waals surface area contributed by atoms with E-state index in [0.717, 1.165) is 88.4 Å². The van der Waals surface area contributed by atoms with Gasteiger partial charge in [0.05, 0.1) is 17.0 Å². The molecular weight excluding hydrogens is 519 g/mol. The van der Waals surface area contributed by atoms with Gasteiger partial charge in [-0.05, 0) is 71.1 Å². The highest BCUT2D eigenvalue weighted by Crippen LogP contribution is 2.41. The largest absolute Gasteiger partial charge is 0.342 e. The summed E-state index contributed by atoms with van der Waals surface area (Å²) in [6, 6.07) is 7.44. The highest BCUT2D eigenvalue weighted by atomic mass is 19.1. The maximum atomic E-state index is 14.4. The molecule has 1 aliphatic carbocycles. The number of amides is 2. The van der Waals surface area contributed by atoms with Crippen molar-refractivity contribution in [3.05, 3.63) is 58.9 Å². The first kappa shape index (κ1) is 28.2. The highest BCUT2D eigenvalue weighted by Gasteiger charge is 2.47. The third kappa shape index (κ3) is 5.50. The predicted molar refractivity (Wildman–Crippen MR) is 155 cm³/mol. The highest BCUT2D eigenvalue weighted by molar-refractivity contribution is 5.96. The Balaban J connectivity index is 1.11. The van der Waals surface area contributed by atoms with Crippen molar-refractivity contribution in [2.24, 2.45) is 11.8 Å². The molecule has 4 aliphatic rings. The fourth-order valence-corrected chi connectivity index (χ4v) is 7.35. The zero-order valence-electron chi connectivity index (χ0n) is 24.9. The van der Waals surface area contributed by atoms with Gasteiger partial charge in [-0.15, -0.1) is 0 Å². The Morgan fingerprint density at radius 3 is 2.27 bits per heavy atom. The standard InChI is InChI=1S/C32H43FN6O2/c1-21-17-38(32(4)10-12-36(13-11-32)31(41)28-22(2)34-20-35-23(28)3)14-15-39(21)29(25-6-5-7-27(33)16-25)26-18-37(19-26)30(40)24-8-9-24/h5-7,16,20-21,24,26,29H,8-15,17-19H2,1-4H3/t21-,29?/m0/s1. The van der Waals surface area contributed by atoms with E-state index in [4.69, 9.17) is 0 Å². The van der Waals surface area contributed by atoms with Gasteiger partial charge in [-0.1, -0.05) is 12.1 Å². The van der Waals surface area contributed by atoms with Gasteiger partial charge >= 0.3 is 0 Å². The van der Waals surface area contributed by atoms with Crippen molar-refractivity contribution in [2.75, 3.05) is 45.8 Å². The summed E-state index contributed by atoms with van der Waals surface area (Å²) in [5, 5.41) is 0. The predicted octanol–water partition coefficient (Wildman–Crippen LogP) is 3.84. The number of benzene rings is 1. The molecule has 2 atom stereocenters. The van der Waals surface area contributed by atoms with Crippen LogP contribution in [0.1, 0.15) is 72.9 Å². The molecule has 3 saturated heterocycles. The summed E-state index contributed by atoms with van der Waals surface area (Å²) < 4.78 is 14.4. The first-order chi connectivity index (χ1) is 19.6. The first-order valence-electron chi connectivity index (χ1n) is 15.3. The minimum absolute atomic E-state index is 0.0205. The van der Waals surface area contributed by atoms with E-state index in [1.54, 1.807) is 6.07 Å². The Morgan fingerprint density at radius 2 is 1.66 bits per heavy atom. The van der Waals surface area contributed by atoms with Crippen molar-refractivity contribution in [2.45, 2.75) is 71.0 Å². The molecule has 0 N–H and O–H groups in total. The summed E-state index contributed by atoms with van der Waals surface area (Å²) in [4.78, 5) is 43.6. The molecule has 4 heterocycles. The number of hydrogen-bond acceptors (Lipinski definition) is 6. The maximum Gasteiger partial charge on any atom is 0.257 e. The van der Waals surface area contributed by atoms with Gasteiger partial charge in [0.2, 0.25) is 5.91 Å². The Labute approximate surface area is 242 Å². The second kappa shape index (κ2) is 11.1. The van der Waals surface area contributed by atoms with Gasteiger partial charge in [0.25, 0.3) is 5.91 Å². The molecule has 9 heteroatoms. The summed E-state index contributed by atoms with van der Waals surface area (Å²) in [5.74, 6) is 0.688. The van der Waals surface area contributed by atoms with Crippen molar-refractivity contribution in [3.63, 3.8) is 0 Å². The third-order valence-corrected chi connectivity index (χ3v) is 10.2. The van der Waals surface area contributed by atoms with Crippen LogP contribution in [0.5, 0.6) is 0 Å². The Bertz CT molecular complexity index is 1280. The molecule has 4 fully saturated rings. The van der Waals surface area contributed by atoms with Crippen molar-refractivity contribution in [3.8, 4) is 0 Å². The molecule has 0 bridgehead atoms. The molecule has 0 spiro atoms. The molecule has 8 nitrogen and oxygen atoms in total. The fourth-order valence-electron chi connectivity index (χ4n) is 7.35. The van der Waals surface area contributed by atoms with Crippen LogP contribution in [-0.2, 0) is 4.79 Å². The minimum atomic E-state index is -0.203. The molecule has 1 saturated carbocycles. The zero-order valence-corrected chi connectivity index (χ0v) is 24.9. The van der Waals surface area contributed by atoms with E-state index in [2.05, 4.69) is 33.6 Å². The number of piperazine rings is 1. The minimum Gasteiger partial charge on any atom is -0.342 e. The van der Waals surface area contributed by atoms with E-state index in [-0.39, 0.29) is 35.3 Å². The summed E-state index contributed by atoms with van der Waals surface area (Å²) >= 11 is 0. The van der Waals surface area contributed by atoms with E-state index in [1.165, 1.54) is 12.4 Å². The molecule has 1 aromatic heterocycles. The SMILES string of the molecule is Cc1ncnc(C)c1C(=O)N1CCC(C)(N2CCN(C(c3cccc(F)c3)C3CN(C(=O)C4CC4)C3)[C@@H](C)C2)CC1. The molecule has 2 amide bonds. The van der Waals surface area contributed by atoms with Gasteiger partial charge in [-0.3, -0.25) is 19.4 Å². The molecule has 41 heavy (non-hydrogen) atoms. The monoisotopic (exact) mass is 562 g/mol. The van der Waals surface area contributed by atoms with Gasteiger partial charge in [-0.2, -0.15) is 0 Å². The molecule has 6 rings (SSSR count). The number of nitrogens with zero attached hydrogens (tertiary/aromatic N) is 6. The zero-order chi connectivity index (χ0) is 28.9. The second-order valence-electron chi connectivity index (χ2n) is 13.0. The number of rotatable bonds is 6. The summed E-state index contributed by atoms with van der Waals surface area (Å²) in [7, 11) is 0. The van der Waals surface area contributed by atoms with Crippen molar-refractivity contribution in [1.82, 2.24) is 29.6 Å². The van der Waals surface area contributed by atoms with E-state index < -0.39 is 0 Å². The molecule has 0 radical (unpaired) electrons. The van der Waals surface area contributed by atoms with Crippen LogP contribution < -0.4 is 0 Å². The van der Waals surface area contributed by atoms with Crippen LogP contribution in [0.15, 0.2) is 30.6 Å². The normalized spacial score (nSPS) is 24.7. The lowest BCUT2D eigenvalue weighted by atomic mass is 9.83. The number of piperidine rings is 1. The van der Waals surface area contributed by atoms with Crippen molar-refractivity contribution in [1.29, 1.82) is 0 Å². The van der Waals surface area contributed by atoms with Gasteiger partial charge in [0.15, 0.2) is 0 Å². The number of hydrogen-bond donors (Lipinski definition) is 0. The Morgan fingerprint density at radius 1 is 0.976 bits per heavy atom. The average Bonchev–Trinajstić information content (AvgIpc) is 3.76. The van der Waals surface area contributed by atoms with Crippen LogP contribution in [0.4, 0.5) is 4.39 Å². The Hall–Kier alpha value is -2.91. The number of carbonyl (C=O) groups is 2. The number of likely N-dealkylation sites (tertiary alicyclic amines) is 2. The van der Waals surface area contributed by atoms with E-state index in [0.29, 0.717) is 17.4 Å². The fraction of sp³-hybridized carbons (Fsp3) is 0.625. The summed E-state index contributed by atoms with van der Waals surface area (Å²) in [6.07, 6.45) is 5.41. The molecular formula is C32H43FN6O2. The van der Waals surface area contributed by atoms with Gasteiger partial charge in [0, 0.05) is 75.3 Å². The molecule has 220 valence electrons. The average molecular weight is 563 g/mol. The lowest BCUT2D eigenvalue weighted by molar-refractivity contribution is -0.142. The first-order valence-corrected chi connectivity index (χ1v) is 15.3. The van der Waals surface area contributed by atoms with Crippen LogP contribution in [0, 0.1) is 31.5 Å². The topological polar surface area (TPSA) is 72.9 Å². The van der Waals surface area contributed by atoms with Crippen LogP contribution >= 0.6 is 0 Å². The third-order valence-electron chi connectivity index (χ3n) is 10.2. The van der Waals surface area contributed by atoms with Crippen LogP contribution in [0.3, 0.4) is 0 Å². The van der Waals surface area contributed by atoms with Crippen molar-refractivity contribution < 1.29 is 14.0 Å². The summed E-state index contributed by atoms with van der Waals surface area (Å²) in [5.41, 5.74) is 3.14. The Kier molecular flexibility index (Phi) is 7.61. The molecule has 2 aromatic rings. The van der Waals surface area contributed by atoms with Crippen LogP contribution in [0.2, 0.25) is 0 Å². The van der Waals surface area contributed by atoms with Crippen molar-refractivity contribution >= 4 is 11.8 Å². The van der Waals surface area contributed by atoms with E-state index in [9.17, 15) is 14.0 Å². The van der Waals surface area contributed by atoms with Gasteiger partial charge < -0.3 is 9.80 Å². The lowest BCUT2D eigenvalue weighted by Gasteiger charge is -2.55. The number of aryl methyl sites for hydroxylation is 2. The second-order valence-corrected chi connectivity index (χ2v) is 13.0. The lowest BCUT2D eigenvalue weighted by Crippen LogP contribution is -2.64. The van der Waals surface area contributed by atoms with E-state index in [1.807, 2.05) is 35.8 Å². The molecule has 1 aromatic carbocycles. The molecule has 3 aliphatic heterocycles. The van der Waals surface area contributed by atoms with E-state index >= 15 is 0 Å². The number of aromatic nitrogens is 2. The molecule has 1 unspecified atom stereocenters. The summed E-state index contributed by atoms with van der Waals surface area (Å²) in [6.45, 7) is 14.1. The van der Waals surface area contributed by atoms with Gasteiger partial charge in [-0.25, -0.2) is 14.4 Å². The smallest absolute Gasteiger partial charge is 0.257 e. The quantitative estimate of drug-likeness (QED) is 0.533. The van der Waals surface area contributed by atoms with Crippen LogP contribution in [-0.4, -0.2) is 98.8 Å². The number of carbonyl (C=O) groups excluding carboxylic acids is 2. The maximum absolute atomic E-state index is 14.4. The van der Waals surface area contributed by atoms with Crippen LogP contribution in [0.25, 0.3) is 0 Å². The van der Waals surface area contributed by atoms with Gasteiger partial charge in [0.1, 0.15) is 12.1 Å². The number of halogens is 1.